The van der Waals surface area contributed by atoms with Gasteiger partial charge >= 0.3 is 5.97 Å². The highest BCUT2D eigenvalue weighted by atomic mass is 19.1. The zero-order chi connectivity index (χ0) is 26.2. The lowest BCUT2D eigenvalue weighted by Crippen LogP contribution is -2.50. The van der Waals surface area contributed by atoms with Gasteiger partial charge in [0.2, 0.25) is 5.91 Å². The molecule has 0 bridgehead atoms. The van der Waals surface area contributed by atoms with Crippen LogP contribution < -0.4 is 5.32 Å². The zero-order valence-corrected chi connectivity index (χ0v) is 22.3. The summed E-state index contributed by atoms with van der Waals surface area (Å²) in [6.07, 6.45) is 7.25. The first-order valence-corrected chi connectivity index (χ1v) is 13.8. The van der Waals surface area contributed by atoms with Crippen LogP contribution in [-0.4, -0.2) is 35.0 Å². The maximum atomic E-state index is 14.9. The van der Waals surface area contributed by atoms with E-state index in [4.69, 9.17) is 4.74 Å². The Labute approximate surface area is 219 Å². The molecule has 1 heterocycles. The molecular weight excluding hydrogens is 467 g/mol. The molecule has 1 N–H and O–H groups in total. The number of esters is 1. The molecule has 5 nitrogen and oxygen atoms in total. The summed E-state index contributed by atoms with van der Waals surface area (Å²) in [6.45, 7) is 7.18. The van der Waals surface area contributed by atoms with Crippen LogP contribution in [0.25, 0.3) is 0 Å². The summed E-state index contributed by atoms with van der Waals surface area (Å²) in [7, 11) is 0. The number of nitrogens with one attached hydrogen (secondary N) is 1. The maximum Gasteiger partial charge on any atom is 0.312 e. The summed E-state index contributed by atoms with van der Waals surface area (Å²) in [5.74, 6) is -0.496. The van der Waals surface area contributed by atoms with Crippen LogP contribution in [0.5, 0.6) is 0 Å². The van der Waals surface area contributed by atoms with E-state index < -0.39 is 16.8 Å². The Kier molecular flexibility index (Phi) is 7.14. The van der Waals surface area contributed by atoms with Gasteiger partial charge in [-0.3, -0.25) is 14.5 Å². The highest BCUT2D eigenvalue weighted by Crippen LogP contribution is 2.50. The van der Waals surface area contributed by atoms with Crippen LogP contribution in [0.2, 0.25) is 0 Å². The molecule has 1 amide bonds. The second-order valence-corrected chi connectivity index (χ2v) is 12.2. The second-order valence-electron chi connectivity index (χ2n) is 12.2. The molecule has 2 aromatic carbocycles. The number of benzene rings is 2. The first-order chi connectivity index (χ1) is 17.6. The number of hydrogen-bond acceptors (Lipinski definition) is 4. The Morgan fingerprint density at radius 2 is 1.81 bits per heavy atom. The topological polar surface area (TPSA) is 58.6 Å². The van der Waals surface area contributed by atoms with E-state index in [1.807, 2.05) is 20.8 Å². The fourth-order valence-corrected chi connectivity index (χ4v) is 6.07. The summed E-state index contributed by atoms with van der Waals surface area (Å²) in [6, 6.07) is 13.0. The molecule has 2 aromatic rings. The molecule has 1 aliphatic heterocycles. The van der Waals surface area contributed by atoms with E-state index in [0.717, 1.165) is 63.6 Å². The molecule has 0 aromatic heterocycles. The number of fused-ring (bicyclic) bond motifs is 1. The van der Waals surface area contributed by atoms with Gasteiger partial charge in [-0.05, 0) is 94.0 Å². The average molecular weight is 507 g/mol. The van der Waals surface area contributed by atoms with Crippen molar-refractivity contribution in [3.8, 4) is 0 Å². The molecule has 0 unspecified atom stereocenters. The normalized spacial score (nSPS) is 20.2. The lowest BCUT2D eigenvalue weighted by Gasteiger charge is -2.37. The third-order valence-corrected chi connectivity index (χ3v) is 8.19. The molecule has 0 saturated heterocycles. The Hall–Kier alpha value is -2.73. The van der Waals surface area contributed by atoms with E-state index in [1.165, 1.54) is 17.2 Å². The smallest absolute Gasteiger partial charge is 0.312 e. The minimum atomic E-state index is -0.543. The molecule has 0 spiro atoms. The highest BCUT2D eigenvalue weighted by Gasteiger charge is 2.52. The SMILES string of the molecule is CC(C)(C)OC(=O)C1(Cc2ccc(F)c(NC(=O)[C@H](C3CCCC3)N3CCc4ccccc4C3)c2)CC1. The van der Waals surface area contributed by atoms with Crippen LogP contribution in [0.3, 0.4) is 0 Å². The standard InChI is InChI=1S/C31H39FN2O3/c1-30(2,3)37-29(36)31(15-16-31)19-21-12-13-25(32)26(18-21)33-28(35)27(23-9-5-6-10-23)34-17-14-22-8-4-7-11-24(22)20-34/h4,7-8,11-13,18,23,27H,5-6,9-10,14-17,19-20H2,1-3H3,(H,33,35)/t27-/m0/s1. The summed E-state index contributed by atoms with van der Waals surface area (Å²) in [5.41, 5.74) is 2.57. The number of ether oxygens (including phenoxy) is 1. The van der Waals surface area contributed by atoms with Crippen LogP contribution in [0.1, 0.15) is 76.0 Å². The van der Waals surface area contributed by atoms with Crippen molar-refractivity contribution in [1.82, 2.24) is 4.90 Å². The van der Waals surface area contributed by atoms with E-state index in [1.54, 1.807) is 12.1 Å². The molecule has 198 valence electrons. The summed E-state index contributed by atoms with van der Waals surface area (Å²) in [4.78, 5) is 28.8. The van der Waals surface area contributed by atoms with Gasteiger partial charge < -0.3 is 10.1 Å². The first kappa shape index (κ1) is 25.9. The second kappa shape index (κ2) is 10.2. The summed E-state index contributed by atoms with van der Waals surface area (Å²) in [5, 5.41) is 2.95. The number of anilines is 1. The number of nitrogens with zero attached hydrogens (tertiary/aromatic N) is 1. The molecule has 2 saturated carbocycles. The van der Waals surface area contributed by atoms with Gasteiger partial charge in [0.25, 0.3) is 0 Å². The Bertz CT molecular complexity index is 1160. The molecule has 6 heteroatoms. The number of halogens is 1. The zero-order valence-electron chi connectivity index (χ0n) is 22.3. The lowest BCUT2D eigenvalue weighted by atomic mass is 9.91. The van der Waals surface area contributed by atoms with Crippen molar-refractivity contribution < 1.29 is 18.7 Å². The fourth-order valence-electron chi connectivity index (χ4n) is 6.07. The lowest BCUT2D eigenvalue weighted by molar-refractivity contribution is -0.161. The number of rotatable bonds is 7. The van der Waals surface area contributed by atoms with Crippen molar-refractivity contribution in [1.29, 1.82) is 0 Å². The van der Waals surface area contributed by atoms with Crippen molar-refractivity contribution in [2.75, 3.05) is 11.9 Å². The summed E-state index contributed by atoms with van der Waals surface area (Å²) < 4.78 is 20.6. The largest absolute Gasteiger partial charge is 0.460 e. The van der Waals surface area contributed by atoms with E-state index in [0.29, 0.717) is 6.42 Å². The van der Waals surface area contributed by atoms with E-state index in [9.17, 15) is 14.0 Å². The van der Waals surface area contributed by atoms with Crippen molar-refractivity contribution >= 4 is 17.6 Å². The van der Waals surface area contributed by atoms with E-state index in [2.05, 4.69) is 34.5 Å². The third-order valence-electron chi connectivity index (χ3n) is 8.19. The third kappa shape index (κ3) is 5.90. The molecule has 2 fully saturated rings. The molecule has 37 heavy (non-hydrogen) atoms. The fraction of sp³-hybridized carbons (Fsp3) is 0.548. The van der Waals surface area contributed by atoms with Crippen molar-refractivity contribution in [2.45, 2.75) is 90.3 Å². The summed E-state index contributed by atoms with van der Waals surface area (Å²) >= 11 is 0. The van der Waals surface area contributed by atoms with Crippen LogP contribution in [0.4, 0.5) is 10.1 Å². The predicted molar refractivity (Wildman–Crippen MR) is 143 cm³/mol. The Morgan fingerprint density at radius 3 is 2.49 bits per heavy atom. The van der Waals surface area contributed by atoms with Crippen molar-refractivity contribution in [2.24, 2.45) is 11.3 Å². The van der Waals surface area contributed by atoms with E-state index >= 15 is 0 Å². The van der Waals surface area contributed by atoms with Crippen molar-refractivity contribution in [3.05, 3.63) is 65.0 Å². The minimum absolute atomic E-state index is 0.129. The Morgan fingerprint density at radius 1 is 1.11 bits per heavy atom. The van der Waals surface area contributed by atoms with Crippen molar-refractivity contribution in [3.63, 3.8) is 0 Å². The Balaban J connectivity index is 1.33. The predicted octanol–water partition coefficient (Wildman–Crippen LogP) is 6.05. The van der Waals surface area contributed by atoms with Gasteiger partial charge in [-0.15, -0.1) is 0 Å². The van der Waals surface area contributed by atoms with Gasteiger partial charge in [0, 0.05) is 13.1 Å². The van der Waals surface area contributed by atoms with Gasteiger partial charge in [0.1, 0.15) is 11.4 Å². The number of carbonyl (C=O) groups is 2. The molecule has 5 rings (SSSR count). The van der Waals surface area contributed by atoms with Gasteiger partial charge in [0.15, 0.2) is 0 Å². The van der Waals surface area contributed by atoms with Crippen LogP contribution in [0, 0.1) is 17.2 Å². The highest BCUT2D eigenvalue weighted by molar-refractivity contribution is 5.95. The van der Waals surface area contributed by atoms with Gasteiger partial charge in [-0.2, -0.15) is 0 Å². The molecular formula is C31H39FN2O3. The monoisotopic (exact) mass is 506 g/mol. The van der Waals surface area contributed by atoms with Crippen LogP contribution in [-0.2, 0) is 33.7 Å². The number of hydrogen-bond donors (Lipinski definition) is 1. The average Bonchev–Trinajstić information content (AvgIpc) is 3.44. The molecule has 1 atom stereocenters. The van der Waals surface area contributed by atoms with Gasteiger partial charge in [0.05, 0.1) is 17.1 Å². The number of carbonyl (C=O) groups excluding carboxylic acids is 2. The minimum Gasteiger partial charge on any atom is -0.460 e. The van der Waals surface area contributed by atoms with E-state index in [-0.39, 0.29) is 29.5 Å². The molecule has 2 aliphatic carbocycles. The van der Waals surface area contributed by atoms with Gasteiger partial charge in [-0.25, -0.2) is 4.39 Å². The first-order valence-electron chi connectivity index (χ1n) is 13.8. The quantitative estimate of drug-likeness (QED) is 0.465. The van der Waals surface area contributed by atoms with Gasteiger partial charge in [-0.1, -0.05) is 43.2 Å². The molecule has 0 radical (unpaired) electrons. The van der Waals surface area contributed by atoms with Crippen LogP contribution in [0.15, 0.2) is 42.5 Å². The number of amides is 1. The van der Waals surface area contributed by atoms with Crippen LogP contribution >= 0.6 is 0 Å². The molecule has 3 aliphatic rings. The maximum absolute atomic E-state index is 14.9.